The number of halogens is 1. The highest BCUT2D eigenvalue weighted by Crippen LogP contribution is 2.12. The van der Waals surface area contributed by atoms with Crippen LogP contribution in [-0.2, 0) is 6.54 Å². The summed E-state index contributed by atoms with van der Waals surface area (Å²) in [5.41, 5.74) is 8.30. The molecule has 1 aromatic carbocycles. The summed E-state index contributed by atoms with van der Waals surface area (Å²) in [6.07, 6.45) is 0. The normalized spacial score (nSPS) is 10.8. The third-order valence-electron chi connectivity index (χ3n) is 2.96. The van der Waals surface area contributed by atoms with Crippen LogP contribution in [0.2, 0.25) is 0 Å². The van der Waals surface area contributed by atoms with Crippen LogP contribution in [-0.4, -0.2) is 38.0 Å². The number of benzene rings is 1. The molecule has 0 amide bonds. The Labute approximate surface area is 133 Å². The van der Waals surface area contributed by atoms with Crippen molar-refractivity contribution in [2.45, 2.75) is 20.4 Å². The van der Waals surface area contributed by atoms with E-state index in [1.54, 1.807) is 0 Å². The van der Waals surface area contributed by atoms with Crippen molar-refractivity contribution in [3.05, 3.63) is 29.8 Å². The zero-order valence-electron chi connectivity index (χ0n) is 12.3. The van der Waals surface area contributed by atoms with Gasteiger partial charge in [0.2, 0.25) is 0 Å². The summed E-state index contributed by atoms with van der Waals surface area (Å²) in [6, 6.07) is 8.37. The van der Waals surface area contributed by atoms with E-state index < -0.39 is 0 Å². The first kappa shape index (κ1) is 18.0. The quantitative estimate of drug-likeness (QED) is 0.488. The van der Waals surface area contributed by atoms with Crippen molar-refractivity contribution in [3.8, 4) is 0 Å². The van der Waals surface area contributed by atoms with Gasteiger partial charge in [0.05, 0.1) is 6.54 Å². The highest BCUT2D eigenvalue weighted by Gasteiger charge is 2.01. The molecule has 19 heavy (non-hydrogen) atoms. The van der Waals surface area contributed by atoms with Gasteiger partial charge in [-0.15, -0.1) is 24.0 Å². The number of rotatable bonds is 5. The van der Waals surface area contributed by atoms with Gasteiger partial charge in [-0.1, -0.05) is 12.1 Å². The highest BCUT2D eigenvalue weighted by molar-refractivity contribution is 14.0. The number of nitrogens with two attached hydrogens (primary N) is 1. The van der Waals surface area contributed by atoms with Gasteiger partial charge < -0.3 is 15.5 Å². The van der Waals surface area contributed by atoms with Crippen molar-refractivity contribution in [1.82, 2.24) is 4.90 Å². The minimum Gasteiger partial charge on any atom is -0.378 e. The Morgan fingerprint density at radius 3 is 2.05 bits per heavy atom. The maximum atomic E-state index is 5.93. The Hall–Kier alpha value is -0.980. The lowest BCUT2D eigenvalue weighted by molar-refractivity contribution is 0.458. The SMILES string of the molecule is CCN(CC)C(N)=NCc1ccc(N(C)C)cc1.I. The van der Waals surface area contributed by atoms with Crippen LogP contribution in [0.5, 0.6) is 0 Å². The molecule has 0 aromatic heterocycles. The fourth-order valence-corrected chi connectivity index (χ4v) is 1.72. The van der Waals surface area contributed by atoms with E-state index in [0.29, 0.717) is 12.5 Å². The summed E-state index contributed by atoms with van der Waals surface area (Å²) >= 11 is 0. The van der Waals surface area contributed by atoms with E-state index in [9.17, 15) is 0 Å². The average molecular weight is 376 g/mol. The molecule has 0 saturated heterocycles. The smallest absolute Gasteiger partial charge is 0.191 e. The lowest BCUT2D eigenvalue weighted by atomic mass is 10.2. The molecule has 5 heteroatoms. The number of hydrogen-bond donors (Lipinski definition) is 1. The maximum Gasteiger partial charge on any atom is 0.191 e. The Balaban J connectivity index is 0.00000324. The Morgan fingerprint density at radius 1 is 1.11 bits per heavy atom. The van der Waals surface area contributed by atoms with Crippen LogP contribution >= 0.6 is 24.0 Å². The monoisotopic (exact) mass is 376 g/mol. The molecule has 0 fully saturated rings. The summed E-state index contributed by atoms with van der Waals surface area (Å²) in [5.74, 6) is 0.622. The number of aliphatic imine (C=N–C) groups is 1. The largest absolute Gasteiger partial charge is 0.378 e. The van der Waals surface area contributed by atoms with Crippen LogP contribution in [0.15, 0.2) is 29.3 Å². The number of nitrogens with zero attached hydrogens (tertiary/aromatic N) is 3. The van der Waals surface area contributed by atoms with Gasteiger partial charge >= 0.3 is 0 Å². The van der Waals surface area contributed by atoms with Crippen LogP contribution in [0.1, 0.15) is 19.4 Å². The second-order valence-electron chi connectivity index (χ2n) is 4.41. The van der Waals surface area contributed by atoms with Crippen LogP contribution in [0, 0.1) is 0 Å². The lowest BCUT2D eigenvalue weighted by Crippen LogP contribution is -2.37. The van der Waals surface area contributed by atoms with Gasteiger partial charge in [0, 0.05) is 32.9 Å². The van der Waals surface area contributed by atoms with E-state index in [-0.39, 0.29) is 24.0 Å². The number of anilines is 1. The second-order valence-corrected chi connectivity index (χ2v) is 4.41. The average Bonchev–Trinajstić information content (AvgIpc) is 2.38. The molecule has 0 spiro atoms. The van der Waals surface area contributed by atoms with Crippen molar-refractivity contribution in [3.63, 3.8) is 0 Å². The molecule has 1 aromatic rings. The van der Waals surface area contributed by atoms with Gasteiger partial charge in [-0.05, 0) is 31.5 Å². The van der Waals surface area contributed by atoms with Crippen molar-refractivity contribution < 1.29 is 0 Å². The molecule has 0 bridgehead atoms. The summed E-state index contributed by atoms with van der Waals surface area (Å²) < 4.78 is 0. The molecule has 108 valence electrons. The van der Waals surface area contributed by atoms with Gasteiger partial charge in [0.1, 0.15) is 0 Å². The summed E-state index contributed by atoms with van der Waals surface area (Å²) in [5, 5.41) is 0. The van der Waals surface area contributed by atoms with Crippen LogP contribution in [0.4, 0.5) is 5.69 Å². The van der Waals surface area contributed by atoms with Crippen molar-refractivity contribution >= 4 is 35.6 Å². The first-order valence-electron chi connectivity index (χ1n) is 6.39. The predicted molar refractivity (Wildman–Crippen MR) is 94.4 cm³/mol. The van der Waals surface area contributed by atoms with E-state index >= 15 is 0 Å². The summed E-state index contributed by atoms with van der Waals surface area (Å²) in [7, 11) is 4.07. The summed E-state index contributed by atoms with van der Waals surface area (Å²) in [4.78, 5) is 8.55. The predicted octanol–water partition coefficient (Wildman–Crippen LogP) is 2.53. The van der Waals surface area contributed by atoms with Gasteiger partial charge in [-0.25, -0.2) is 4.99 Å². The molecule has 2 N–H and O–H groups in total. The van der Waals surface area contributed by atoms with Gasteiger partial charge in [0.15, 0.2) is 5.96 Å². The van der Waals surface area contributed by atoms with Crippen molar-refractivity contribution in [1.29, 1.82) is 0 Å². The topological polar surface area (TPSA) is 44.9 Å². The molecular formula is C14H25IN4. The lowest BCUT2D eigenvalue weighted by Gasteiger charge is -2.19. The molecule has 0 aliphatic carbocycles. The fourth-order valence-electron chi connectivity index (χ4n) is 1.72. The molecule has 4 nitrogen and oxygen atoms in total. The molecule has 0 heterocycles. The first-order valence-corrected chi connectivity index (χ1v) is 6.39. The van der Waals surface area contributed by atoms with Gasteiger partial charge in [0.25, 0.3) is 0 Å². The molecule has 0 atom stereocenters. The van der Waals surface area contributed by atoms with E-state index in [4.69, 9.17) is 5.73 Å². The second kappa shape index (κ2) is 9.01. The van der Waals surface area contributed by atoms with Crippen LogP contribution in [0.25, 0.3) is 0 Å². The van der Waals surface area contributed by atoms with E-state index in [2.05, 4.69) is 48.0 Å². The number of hydrogen-bond acceptors (Lipinski definition) is 2. The third kappa shape index (κ3) is 5.67. The van der Waals surface area contributed by atoms with E-state index in [0.717, 1.165) is 13.1 Å². The van der Waals surface area contributed by atoms with E-state index in [1.165, 1.54) is 11.3 Å². The van der Waals surface area contributed by atoms with Crippen molar-refractivity contribution in [2.24, 2.45) is 10.7 Å². The van der Waals surface area contributed by atoms with Gasteiger partial charge in [-0.3, -0.25) is 0 Å². The molecule has 0 radical (unpaired) electrons. The first-order chi connectivity index (χ1) is 8.58. The zero-order valence-corrected chi connectivity index (χ0v) is 14.6. The molecule has 1 rings (SSSR count). The minimum absolute atomic E-state index is 0. The molecule has 0 aliphatic rings. The zero-order chi connectivity index (χ0) is 13.5. The van der Waals surface area contributed by atoms with E-state index in [1.807, 2.05) is 19.0 Å². The molecule has 0 aliphatic heterocycles. The fraction of sp³-hybridized carbons (Fsp3) is 0.500. The molecule has 0 unspecified atom stereocenters. The Kier molecular flexibility index (Phi) is 8.54. The molecule has 0 saturated carbocycles. The van der Waals surface area contributed by atoms with Crippen LogP contribution in [0.3, 0.4) is 0 Å². The maximum absolute atomic E-state index is 5.93. The number of guanidine groups is 1. The standard InChI is InChI=1S/C14H24N4.HI/c1-5-18(6-2)14(15)16-11-12-7-9-13(10-8-12)17(3)4;/h7-10H,5-6,11H2,1-4H3,(H2,15,16);1H. The van der Waals surface area contributed by atoms with Crippen LogP contribution < -0.4 is 10.6 Å². The molecular weight excluding hydrogens is 351 g/mol. The third-order valence-corrected chi connectivity index (χ3v) is 2.96. The minimum atomic E-state index is 0. The highest BCUT2D eigenvalue weighted by atomic mass is 127. The Bertz CT molecular complexity index is 383. The summed E-state index contributed by atoms with van der Waals surface area (Å²) in [6.45, 7) is 6.59. The Morgan fingerprint density at radius 2 is 1.63 bits per heavy atom. The van der Waals surface area contributed by atoms with Gasteiger partial charge in [-0.2, -0.15) is 0 Å². The van der Waals surface area contributed by atoms with Crippen molar-refractivity contribution in [2.75, 3.05) is 32.1 Å².